The number of phosphoric ester groups is 1. The summed E-state index contributed by atoms with van der Waals surface area (Å²) in [5.41, 5.74) is 4.34. The number of rotatable bonds is 14. The molecule has 8 heteroatoms. The molecule has 0 saturated heterocycles. The number of aryl methyl sites for hydroxylation is 1. The number of allylic oxidation sites excluding steroid dienone is 3. The largest absolute Gasteiger partial charge is 0.507 e. The van der Waals surface area contributed by atoms with Gasteiger partial charge >= 0.3 is 13.8 Å². The quantitative estimate of drug-likeness (QED) is 0.0710. The Hall–Kier alpha value is -2.70. The van der Waals surface area contributed by atoms with E-state index >= 15 is 0 Å². The average molecular weight is 625 g/mol. The summed E-state index contributed by atoms with van der Waals surface area (Å²) < 4.78 is 30.3. The zero-order valence-electron chi connectivity index (χ0n) is 26.5. The average Bonchev–Trinajstić information content (AvgIpc) is 3.00. The highest BCUT2D eigenvalue weighted by molar-refractivity contribution is 7.47. The van der Waals surface area contributed by atoms with E-state index in [9.17, 15) is 19.4 Å². The molecule has 0 amide bonds. The second kappa shape index (κ2) is 16.0. The van der Waals surface area contributed by atoms with Crippen molar-refractivity contribution >= 4 is 13.8 Å². The number of ether oxygens (including phenoxy) is 1. The van der Waals surface area contributed by atoms with Crippen LogP contribution < -0.4 is 4.74 Å². The number of esters is 1. The number of phenols is 1. The van der Waals surface area contributed by atoms with Crippen molar-refractivity contribution in [1.29, 1.82) is 0 Å². The van der Waals surface area contributed by atoms with Crippen molar-refractivity contribution < 1.29 is 33.1 Å². The van der Waals surface area contributed by atoms with E-state index in [0.29, 0.717) is 24.0 Å². The maximum Gasteiger partial charge on any atom is 0.473 e. The summed E-state index contributed by atoms with van der Waals surface area (Å²) in [6, 6.07) is 12.7. The summed E-state index contributed by atoms with van der Waals surface area (Å²) in [6.07, 6.45) is 10.6. The molecule has 0 bridgehead atoms. The van der Waals surface area contributed by atoms with Gasteiger partial charge < -0.3 is 14.7 Å². The molecule has 1 saturated carbocycles. The number of unbranched alkanes of at least 4 members (excludes halogenated alkanes) is 2. The first-order valence-corrected chi connectivity index (χ1v) is 17.7. The molecule has 2 aliphatic rings. The van der Waals surface area contributed by atoms with Crippen LogP contribution in [0.1, 0.15) is 108 Å². The third-order valence-corrected chi connectivity index (χ3v) is 9.92. The van der Waals surface area contributed by atoms with E-state index < -0.39 is 19.9 Å². The molecule has 4 atom stereocenters. The van der Waals surface area contributed by atoms with Crippen molar-refractivity contribution in [3.8, 4) is 11.5 Å². The van der Waals surface area contributed by atoms with Crippen LogP contribution in [0, 0.1) is 11.8 Å². The molecular formula is C36H49O7P. The molecule has 7 nitrogen and oxygen atoms in total. The number of hydrogen-bond donors (Lipinski definition) is 2. The van der Waals surface area contributed by atoms with Gasteiger partial charge in [-0.25, -0.2) is 9.36 Å². The predicted molar refractivity (Wildman–Crippen MR) is 174 cm³/mol. The minimum atomic E-state index is -4.62. The summed E-state index contributed by atoms with van der Waals surface area (Å²) in [5.74, 6) is -0.835. The SMILES string of the molecule is C=C(C)[C@@H]1CCC(C)=C[C@H]1c1c(O)cc(CCCCC)cc1OC(=O)C(OP(=O)(O)OCc1ccccc1)C1CCCCC1. The van der Waals surface area contributed by atoms with Gasteiger partial charge in [-0.1, -0.05) is 93.2 Å². The highest BCUT2D eigenvalue weighted by Crippen LogP contribution is 2.50. The summed E-state index contributed by atoms with van der Waals surface area (Å²) in [7, 11) is -4.62. The van der Waals surface area contributed by atoms with E-state index in [2.05, 4.69) is 26.5 Å². The van der Waals surface area contributed by atoms with Crippen LogP contribution in [0.4, 0.5) is 0 Å². The molecule has 0 spiro atoms. The van der Waals surface area contributed by atoms with Crippen LogP contribution in [0.5, 0.6) is 11.5 Å². The Morgan fingerprint density at radius 3 is 2.48 bits per heavy atom. The standard InChI is InChI=1S/C36H49O7P/c1-5-6-9-16-28-22-32(37)34(31-21-26(4)19-20-30(31)25(2)3)33(23-28)42-36(38)35(29-17-12-8-13-18-29)43-44(39,40)41-24-27-14-10-7-11-15-27/h7,10-11,14-15,21-23,29-31,35,37H,2,5-6,8-9,12-13,16-20,24H2,1,3-4H3,(H,39,40)/t30-,31+,35?/m0/s1. The molecule has 0 aromatic heterocycles. The molecule has 2 aliphatic carbocycles. The topological polar surface area (TPSA) is 102 Å². The molecule has 0 aliphatic heterocycles. The Morgan fingerprint density at radius 2 is 1.80 bits per heavy atom. The third-order valence-electron chi connectivity index (χ3n) is 8.97. The minimum absolute atomic E-state index is 0.0717. The first kappa shape index (κ1) is 34.2. The molecule has 4 rings (SSSR count). The van der Waals surface area contributed by atoms with Crippen molar-refractivity contribution in [3.63, 3.8) is 0 Å². The van der Waals surface area contributed by atoms with E-state index in [-0.39, 0.29) is 35.9 Å². The van der Waals surface area contributed by atoms with Crippen LogP contribution in [0.3, 0.4) is 0 Å². The molecule has 0 radical (unpaired) electrons. The van der Waals surface area contributed by atoms with Gasteiger partial charge in [0.05, 0.1) is 6.61 Å². The Kier molecular flexibility index (Phi) is 12.5. The zero-order chi connectivity index (χ0) is 31.7. The van der Waals surface area contributed by atoms with Crippen molar-refractivity contribution in [2.75, 3.05) is 0 Å². The molecule has 44 heavy (non-hydrogen) atoms. The van der Waals surface area contributed by atoms with Crippen LogP contribution in [-0.2, 0) is 31.4 Å². The smallest absolute Gasteiger partial charge is 0.473 e. The molecule has 1 fully saturated rings. The molecule has 2 N–H and O–H groups in total. The molecular weight excluding hydrogens is 575 g/mol. The minimum Gasteiger partial charge on any atom is -0.507 e. The molecule has 240 valence electrons. The van der Waals surface area contributed by atoms with Crippen LogP contribution in [-0.4, -0.2) is 22.1 Å². The van der Waals surface area contributed by atoms with Crippen molar-refractivity contribution in [2.45, 2.75) is 110 Å². The van der Waals surface area contributed by atoms with Crippen molar-refractivity contribution in [3.05, 3.63) is 83.0 Å². The lowest BCUT2D eigenvalue weighted by molar-refractivity contribution is -0.147. The number of aromatic hydroxyl groups is 1. The molecule has 2 aromatic rings. The lowest BCUT2D eigenvalue weighted by Crippen LogP contribution is -2.36. The highest BCUT2D eigenvalue weighted by atomic mass is 31.2. The van der Waals surface area contributed by atoms with Gasteiger partial charge in [-0.2, -0.15) is 0 Å². The maximum atomic E-state index is 14.0. The number of phenolic OH excluding ortho intramolecular Hbond substituents is 1. The van der Waals surface area contributed by atoms with Gasteiger partial charge in [0.1, 0.15) is 11.5 Å². The number of hydrogen-bond acceptors (Lipinski definition) is 6. The van der Waals surface area contributed by atoms with Crippen molar-refractivity contribution in [1.82, 2.24) is 0 Å². The number of carbonyl (C=O) groups is 1. The summed E-state index contributed by atoms with van der Waals surface area (Å²) in [4.78, 5) is 24.7. The predicted octanol–water partition coefficient (Wildman–Crippen LogP) is 9.33. The van der Waals surface area contributed by atoms with Gasteiger partial charge in [0.25, 0.3) is 0 Å². The fraction of sp³-hybridized carbons (Fsp3) is 0.528. The fourth-order valence-electron chi connectivity index (χ4n) is 6.55. The van der Waals surface area contributed by atoms with Crippen LogP contribution in [0.2, 0.25) is 0 Å². The molecule has 0 heterocycles. The Labute approximate surface area is 262 Å². The second-order valence-corrected chi connectivity index (χ2v) is 14.0. The Balaban J connectivity index is 1.67. The van der Waals surface area contributed by atoms with Gasteiger partial charge in [0.2, 0.25) is 0 Å². The number of benzene rings is 2. The maximum absolute atomic E-state index is 14.0. The lowest BCUT2D eigenvalue weighted by Gasteiger charge is -2.33. The van der Waals surface area contributed by atoms with E-state index in [1.807, 2.05) is 31.2 Å². The van der Waals surface area contributed by atoms with Gasteiger partial charge in [-0.15, -0.1) is 0 Å². The van der Waals surface area contributed by atoms with Gasteiger partial charge in [0, 0.05) is 11.5 Å². The first-order valence-electron chi connectivity index (χ1n) is 16.2. The van der Waals surface area contributed by atoms with Gasteiger partial charge in [-0.05, 0) is 87.5 Å². The summed E-state index contributed by atoms with van der Waals surface area (Å²) in [5, 5.41) is 11.4. The van der Waals surface area contributed by atoms with E-state index in [1.54, 1.807) is 18.2 Å². The van der Waals surface area contributed by atoms with Gasteiger partial charge in [0.15, 0.2) is 6.10 Å². The normalized spacial score (nSPS) is 21.2. The zero-order valence-corrected chi connectivity index (χ0v) is 27.4. The highest BCUT2D eigenvalue weighted by Gasteiger charge is 2.40. The fourth-order valence-corrected chi connectivity index (χ4v) is 7.46. The number of phosphoric acid groups is 1. The lowest BCUT2D eigenvalue weighted by atomic mass is 9.73. The van der Waals surface area contributed by atoms with Crippen LogP contribution in [0.25, 0.3) is 0 Å². The van der Waals surface area contributed by atoms with Crippen LogP contribution in [0.15, 0.2) is 66.3 Å². The summed E-state index contributed by atoms with van der Waals surface area (Å²) in [6.45, 7) is 10.3. The van der Waals surface area contributed by atoms with E-state index in [4.69, 9.17) is 13.8 Å². The monoisotopic (exact) mass is 624 g/mol. The first-order chi connectivity index (χ1) is 21.1. The third kappa shape index (κ3) is 9.40. The van der Waals surface area contributed by atoms with Crippen LogP contribution >= 0.6 is 7.82 Å². The van der Waals surface area contributed by atoms with Crippen molar-refractivity contribution in [2.24, 2.45) is 11.8 Å². The van der Waals surface area contributed by atoms with Gasteiger partial charge in [-0.3, -0.25) is 9.05 Å². The second-order valence-electron chi connectivity index (χ2n) is 12.6. The Bertz CT molecular complexity index is 1350. The molecule has 2 aromatic carbocycles. The molecule has 2 unspecified atom stereocenters. The van der Waals surface area contributed by atoms with E-state index in [1.165, 1.54) is 5.57 Å². The van der Waals surface area contributed by atoms with E-state index in [0.717, 1.165) is 68.9 Å². The summed E-state index contributed by atoms with van der Waals surface area (Å²) >= 11 is 0. The number of carbonyl (C=O) groups excluding carboxylic acids is 1. The Morgan fingerprint density at radius 1 is 1.07 bits per heavy atom.